The van der Waals surface area contributed by atoms with Crippen LogP contribution in [0.2, 0.25) is 0 Å². The molecule has 1 aliphatic carbocycles. The van der Waals surface area contributed by atoms with Crippen LogP contribution < -0.4 is 10.6 Å². The SMILES string of the molecule is CNCC(C)NCC1CCCC1. The van der Waals surface area contributed by atoms with Crippen molar-refractivity contribution in [2.24, 2.45) is 5.92 Å². The van der Waals surface area contributed by atoms with Gasteiger partial charge in [-0.05, 0) is 39.3 Å². The van der Waals surface area contributed by atoms with Crippen LogP contribution in [0.4, 0.5) is 0 Å². The molecule has 0 aromatic rings. The Bertz CT molecular complexity index is 108. The van der Waals surface area contributed by atoms with Crippen LogP contribution in [0.15, 0.2) is 0 Å². The predicted octanol–water partition coefficient (Wildman–Crippen LogP) is 1.37. The van der Waals surface area contributed by atoms with Gasteiger partial charge in [0.25, 0.3) is 0 Å². The lowest BCUT2D eigenvalue weighted by Gasteiger charge is -2.16. The average Bonchev–Trinajstić information content (AvgIpc) is 2.53. The molecule has 0 radical (unpaired) electrons. The summed E-state index contributed by atoms with van der Waals surface area (Å²) in [6, 6.07) is 0.621. The van der Waals surface area contributed by atoms with E-state index in [1.165, 1.54) is 32.2 Å². The second-order valence-corrected chi connectivity index (χ2v) is 4.02. The lowest BCUT2D eigenvalue weighted by Crippen LogP contribution is -2.37. The molecule has 0 aliphatic heterocycles. The molecule has 0 aromatic carbocycles. The second-order valence-electron chi connectivity index (χ2n) is 4.02. The van der Waals surface area contributed by atoms with Crippen molar-refractivity contribution in [2.45, 2.75) is 38.6 Å². The van der Waals surface area contributed by atoms with E-state index in [4.69, 9.17) is 0 Å². The van der Waals surface area contributed by atoms with Crippen molar-refractivity contribution in [3.05, 3.63) is 0 Å². The molecule has 0 bridgehead atoms. The van der Waals surface area contributed by atoms with Gasteiger partial charge in [0, 0.05) is 12.6 Å². The number of likely N-dealkylation sites (N-methyl/N-ethyl adjacent to an activating group) is 1. The van der Waals surface area contributed by atoms with Crippen LogP contribution in [-0.2, 0) is 0 Å². The highest BCUT2D eigenvalue weighted by Gasteiger charge is 2.14. The molecular weight excluding hydrogens is 148 g/mol. The van der Waals surface area contributed by atoms with E-state index in [2.05, 4.69) is 17.6 Å². The maximum absolute atomic E-state index is 3.56. The van der Waals surface area contributed by atoms with Gasteiger partial charge < -0.3 is 10.6 Å². The smallest absolute Gasteiger partial charge is 0.0164 e. The lowest BCUT2D eigenvalue weighted by atomic mass is 10.1. The largest absolute Gasteiger partial charge is 0.318 e. The molecule has 1 saturated carbocycles. The van der Waals surface area contributed by atoms with E-state index < -0.39 is 0 Å². The van der Waals surface area contributed by atoms with Crippen molar-refractivity contribution in [2.75, 3.05) is 20.1 Å². The van der Waals surface area contributed by atoms with Gasteiger partial charge in [-0.3, -0.25) is 0 Å². The summed E-state index contributed by atoms with van der Waals surface area (Å²) in [5, 5.41) is 6.74. The maximum Gasteiger partial charge on any atom is 0.0164 e. The van der Waals surface area contributed by atoms with Crippen LogP contribution in [0.3, 0.4) is 0 Å². The van der Waals surface area contributed by atoms with Gasteiger partial charge in [-0.15, -0.1) is 0 Å². The summed E-state index contributed by atoms with van der Waals surface area (Å²) in [4.78, 5) is 0. The first-order chi connectivity index (χ1) is 5.83. The standard InChI is InChI=1S/C10H22N2/c1-9(7-11-2)12-8-10-5-3-4-6-10/h9-12H,3-8H2,1-2H3. The third-order valence-corrected chi connectivity index (χ3v) is 2.74. The highest BCUT2D eigenvalue weighted by molar-refractivity contribution is 4.72. The molecule has 2 nitrogen and oxygen atoms in total. The monoisotopic (exact) mass is 170 g/mol. The highest BCUT2D eigenvalue weighted by atomic mass is 15.0. The van der Waals surface area contributed by atoms with Crippen molar-refractivity contribution in [1.29, 1.82) is 0 Å². The van der Waals surface area contributed by atoms with Crippen LogP contribution in [0.5, 0.6) is 0 Å². The van der Waals surface area contributed by atoms with E-state index in [1.807, 2.05) is 7.05 Å². The van der Waals surface area contributed by atoms with Crippen molar-refractivity contribution < 1.29 is 0 Å². The van der Waals surface area contributed by atoms with Gasteiger partial charge in [-0.2, -0.15) is 0 Å². The number of rotatable bonds is 5. The fourth-order valence-corrected chi connectivity index (χ4v) is 1.96. The minimum absolute atomic E-state index is 0.621. The topological polar surface area (TPSA) is 24.1 Å². The molecule has 1 aliphatic rings. The van der Waals surface area contributed by atoms with Crippen molar-refractivity contribution >= 4 is 0 Å². The third kappa shape index (κ3) is 3.55. The lowest BCUT2D eigenvalue weighted by molar-refractivity contribution is 0.437. The van der Waals surface area contributed by atoms with Crippen LogP contribution in [-0.4, -0.2) is 26.2 Å². The first-order valence-corrected chi connectivity index (χ1v) is 5.21. The summed E-state index contributed by atoms with van der Waals surface area (Å²) < 4.78 is 0. The van der Waals surface area contributed by atoms with Gasteiger partial charge in [0.1, 0.15) is 0 Å². The van der Waals surface area contributed by atoms with Gasteiger partial charge in [0.2, 0.25) is 0 Å². The molecule has 0 amide bonds. The minimum atomic E-state index is 0.621. The van der Waals surface area contributed by atoms with E-state index in [1.54, 1.807) is 0 Å². The van der Waals surface area contributed by atoms with Crippen molar-refractivity contribution in [1.82, 2.24) is 10.6 Å². The minimum Gasteiger partial charge on any atom is -0.318 e. The van der Waals surface area contributed by atoms with E-state index in [0.29, 0.717) is 6.04 Å². The molecule has 1 rings (SSSR count). The number of hydrogen-bond acceptors (Lipinski definition) is 2. The first-order valence-electron chi connectivity index (χ1n) is 5.21. The zero-order chi connectivity index (χ0) is 8.81. The number of nitrogens with one attached hydrogen (secondary N) is 2. The van der Waals surface area contributed by atoms with E-state index in [-0.39, 0.29) is 0 Å². The summed E-state index contributed by atoms with van der Waals surface area (Å²) in [7, 11) is 2.01. The number of hydrogen-bond donors (Lipinski definition) is 2. The Morgan fingerprint density at radius 1 is 1.33 bits per heavy atom. The Labute approximate surface area is 76.1 Å². The molecule has 2 N–H and O–H groups in total. The van der Waals surface area contributed by atoms with Gasteiger partial charge in [-0.1, -0.05) is 12.8 Å². The molecule has 1 unspecified atom stereocenters. The Hall–Kier alpha value is -0.0800. The molecule has 72 valence electrons. The quantitative estimate of drug-likeness (QED) is 0.651. The average molecular weight is 170 g/mol. The zero-order valence-corrected chi connectivity index (χ0v) is 8.40. The molecule has 1 fully saturated rings. The van der Waals surface area contributed by atoms with Crippen molar-refractivity contribution in [3.63, 3.8) is 0 Å². The van der Waals surface area contributed by atoms with Gasteiger partial charge >= 0.3 is 0 Å². The summed E-state index contributed by atoms with van der Waals surface area (Å²) in [5.74, 6) is 0.962. The van der Waals surface area contributed by atoms with Crippen LogP contribution in [0.25, 0.3) is 0 Å². The van der Waals surface area contributed by atoms with Crippen LogP contribution >= 0.6 is 0 Å². The van der Waals surface area contributed by atoms with Gasteiger partial charge in [0.05, 0.1) is 0 Å². The normalized spacial score (nSPS) is 21.5. The molecule has 0 saturated heterocycles. The Kier molecular flexibility index (Phi) is 4.62. The van der Waals surface area contributed by atoms with E-state index >= 15 is 0 Å². The zero-order valence-electron chi connectivity index (χ0n) is 8.40. The van der Waals surface area contributed by atoms with E-state index in [0.717, 1.165) is 12.5 Å². The summed E-state index contributed by atoms with van der Waals surface area (Å²) in [6.07, 6.45) is 5.79. The Balaban J connectivity index is 1.99. The third-order valence-electron chi connectivity index (χ3n) is 2.74. The molecule has 12 heavy (non-hydrogen) atoms. The molecule has 0 aromatic heterocycles. The van der Waals surface area contributed by atoms with Crippen molar-refractivity contribution in [3.8, 4) is 0 Å². The van der Waals surface area contributed by atoms with Gasteiger partial charge in [-0.25, -0.2) is 0 Å². The fraction of sp³-hybridized carbons (Fsp3) is 1.00. The predicted molar refractivity (Wildman–Crippen MR) is 53.3 cm³/mol. The van der Waals surface area contributed by atoms with Gasteiger partial charge in [0.15, 0.2) is 0 Å². The first kappa shape index (κ1) is 10.0. The van der Waals surface area contributed by atoms with Crippen LogP contribution in [0, 0.1) is 5.92 Å². The highest BCUT2D eigenvalue weighted by Crippen LogP contribution is 2.23. The summed E-state index contributed by atoms with van der Waals surface area (Å²) in [6.45, 7) is 4.54. The molecule has 1 atom stereocenters. The second kappa shape index (κ2) is 5.55. The van der Waals surface area contributed by atoms with E-state index in [9.17, 15) is 0 Å². The molecular formula is C10H22N2. The Morgan fingerprint density at radius 2 is 2.00 bits per heavy atom. The fourth-order valence-electron chi connectivity index (χ4n) is 1.96. The van der Waals surface area contributed by atoms with Crippen LogP contribution in [0.1, 0.15) is 32.6 Å². The Morgan fingerprint density at radius 3 is 2.58 bits per heavy atom. The molecule has 0 heterocycles. The molecule has 0 spiro atoms. The summed E-state index contributed by atoms with van der Waals surface area (Å²) >= 11 is 0. The summed E-state index contributed by atoms with van der Waals surface area (Å²) in [5.41, 5.74) is 0. The molecule has 2 heteroatoms. The maximum atomic E-state index is 3.56.